The Hall–Kier alpha value is -1.07. The van der Waals surface area contributed by atoms with Gasteiger partial charge in [0.15, 0.2) is 0 Å². The standard InChI is InChI=1S/C20H21BrCl2N2O/c21-17-5-1-3-14(9-17)12-25-8-2-4-16(13-25)20(26)24-11-15-6-7-18(22)10-19(15)23/h1,3,5-7,9-10,16H,2,4,8,11-13H2,(H,24,26). The van der Waals surface area contributed by atoms with Crippen molar-refractivity contribution < 1.29 is 4.79 Å². The molecule has 0 aliphatic carbocycles. The van der Waals surface area contributed by atoms with Crippen LogP contribution in [-0.4, -0.2) is 23.9 Å². The van der Waals surface area contributed by atoms with E-state index in [4.69, 9.17) is 23.2 Å². The molecule has 1 aliphatic heterocycles. The molecule has 26 heavy (non-hydrogen) atoms. The topological polar surface area (TPSA) is 32.3 Å². The summed E-state index contributed by atoms with van der Waals surface area (Å²) in [6, 6.07) is 13.7. The third-order valence-corrected chi connectivity index (χ3v) is 5.72. The number of nitrogens with zero attached hydrogens (tertiary/aromatic N) is 1. The highest BCUT2D eigenvalue weighted by Gasteiger charge is 2.25. The van der Waals surface area contributed by atoms with Crippen molar-refractivity contribution in [2.24, 2.45) is 5.92 Å². The van der Waals surface area contributed by atoms with Crippen LogP contribution in [0.1, 0.15) is 24.0 Å². The minimum absolute atomic E-state index is 0.0157. The maximum absolute atomic E-state index is 12.6. The number of carbonyl (C=O) groups excluding carboxylic acids is 1. The Kier molecular flexibility index (Phi) is 6.98. The highest BCUT2D eigenvalue weighted by Crippen LogP contribution is 2.22. The Balaban J connectivity index is 1.54. The predicted octanol–water partition coefficient (Wildman–Crippen LogP) is 5.28. The number of rotatable bonds is 5. The summed E-state index contributed by atoms with van der Waals surface area (Å²) in [6.45, 7) is 3.11. The molecule has 0 spiro atoms. The second-order valence-corrected chi connectivity index (χ2v) is 8.42. The van der Waals surface area contributed by atoms with Crippen LogP contribution in [0.15, 0.2) is 46.9 Å². The molecular weight excluding hydrogens is 435 g/mol. The first-order chi connectivity index (χ1) is 12.5. The van der Waals surface area contributed by atoms with E-state index in [1.807, 2.05) is 18.2 Å². The van der Waals surface area contributed by atoms with Gasteiger partial charge in [-0.25, -0.2) is 0 Å². The molecule has 1 N–H and O–H groups in total. The second-order valence-electron chi connectivity index (χ2n) is 6.66. The summed E-state index contributed by atoms with van der Waals surface area (Å²) < 4.78 is 1.08. The summed E-state index contributed by atoms with van der Waals surface area (Å²) in [5.74, 6) is 0.108. The van der Waals surface area contributed by atoms with E-state index < -0.39 is 0 Å². The van der Waals surface area contributed by atoms with Crippen molar-refractivity contribution in [3.8, 4) is 0 Å². The summed E-state index contributed by atoms with van der Waals surface area (Å²) in [6.07, 6.45) is 1.96. The summed E-state index contributed by atoms with van der Waals surface area (Å²) in [5.41, 5.74) is 2.14. The van der Waals surface area contributed by atoms with Crippen molar-refractivity contribution in [3.05, 3.63) is 68.1 Å². The first-order valence-corrected chi connectivity index (χ1v) is 10.2. The largest absolute Gasteiger partial charge is 0.352 e. The van der Waals surface area contributed by atoms with Gasteiger partial charge in [0.2, 0.25) is 5.91 Å². The molecular formula is C20H21BrCl2N2O. The van der Waals surface area contributed by atoms with Gasteiger partial charge in [0, 0.05) is 34.2 Å². The smallest absolute Gasteiger partial charge is 0.224 e. The summed E-state index contributed by atoms with van der Waals surface area (Å²) in [7, 11) is 0. The predicted molar refractivity (Wildman–Crippen MR) is 110 cm³/mol. The highest BCUT2D eigenvalue weighted by atomic mass is 79.9. The lowest BCUT2D eigenvalue weighted by Gasteiger charge is -2.32. The van der Waals surface area contributed by atoms with Crippen LogP contribution in [0.2, 0.25) is 10.0 Å². The average Bonchev–Trinajstić information content (AvgIpc) is 2.61. The molecule has 1 aliphatic rings. The van der Waals surface area contributed by atoms with Crippen LogP contribution in [-0.2, 0) is 17.9 Å². The van der Waals surface area contributed by atoms with E-state index in [1.54, 1.807) is 12.1 Å². The normalized spacial score (nSPS) is 17.9. The Morgan fingerprint density at radius 3 is 2.85 bits per heavy atom. The van der Waals surface area contributed by atoms with Crippen LogP contribution in [0.25, 0.3) is 0 Å². The number of amides is 1. The molecule has 138 valence electrons. The van der Waals surface area contributed by atoms with E-state index in [9.17, 15) is 4.79 Å². The first-order valence-electron chi connectivity index (χ1n) is 8.69. The van der Waals surface area contributed by atoms with Gasteiger partial charge in [-0.2, -0.15) is 0 Å². The second kappa shape index (κ2) is 9.23. The number of likely N-dealkylation sites (tertiary alicyclic amines) is 1. The van der Waals surface area contributed by atoms with E-state index in [0.717, 1.165) is 42.5 Å². The Labute approximate surface area is 172 Å². The maximum Gasteiger partial charge on any atom is 0.224 e. The summed E-state index contributed by atoms with van der Waals surface area (Å²) in [4.78, 5) is 14.9. The molecule has 0 bridgehead atoms. The molecule has 0 aromatic heterocycles. The number of hydrogen-bond acceptors (Lipinski definition) is 2. The molecule has 3 nitrogen and oxygen atoms in total. The molecule has 2 aromatic carbocycles. The van der Waals surface area contributed by atoms with Crippen molar-refractivity contribution in [2.75, 3.05) is 13.1 Å². The fourth-order valence-corrected chi connectivity index (χ4v) is 4.22. The van der Waals surface area contributed by atoms with Crippen LogP contribution >= 0.6 is 39.1 Å². The van der Waals surface area contributed by atoms with Gasteiger partial charge in [-0.05, 0) is 54.8 Å². The SMILES string of the molecule is O=C(NCc1ccc(Cl)cc1Cl)C1CCCN(Cc2cccc(Br)c2)C1. The summed E-state index contributed by atoms with van der Waals surface area (Å²) in [5, 5.41) is 4.20. The lowest BCUT2D eigenvalue weighted by atomic mass is 9.96. The van der Waals surface area contributed by atoms with Crippen LogP contribution in [0, 0.1) is 5.92 Å². The van der Waals surface area contributed by atoms with E-state index in [0.29, 0.717) is 16.6 Å². The van der Waals surface area contributed by atoms with E-state index in [1.165, 1.54) is 5.56 Å². The molecule has 0 saturated carbocycles. The molecule has 1 saturated heterocycles. The van der Waals surface area contributed by atoms with Gasteiger partial charge in [-0.1, -0.05) is 57.3 Å². The minimum Gasteiger partial charge on any atom is -0.352 e. The monoisotopic (exact) mass is 454 g/mol. The zero-order valence-corrected chi connectivity index (χ0v) is 17.4. The van der Waals surface area contributed by atoms with E-state index in [-0.39, 0.29) is 11.8 Å². The average molecular weight is 456 g/mol. The quantitative estimate of drug-likeness (QED) is 0.664. The third kappa shape index (κ3) is 5.46. The van der Waals surface area contributed by atoms with Crippen molar-refractivity contribution in [1.29, 1.82) is 0 Å². The molecule has 1 heterocycles. The van der Waals surface area contributed by atoms with Gasteiger partial charge >= 0.3 is 0 Å². The fourth-order valence-electron chi connectivity index (χ4n) is 3.30. The number of piperidine rings is 1. The fraction of sp³-hybridized carbons (Fsp3) is 0.350. The Morgan fingerprint density at radius 1 is 1.23 bits per heavy atom. The molecule has 2 aromatic rings. The molecule has 3 rings (SSSR count). The number of benzene rings is 2. The lowest BCUT2D eigenvalue weighted by Crippen LogP contribution is -2.42. The number of halogens is 3. The molecule has 1 atom stereocenters. The Bertz CT molecular complexity index is 784. The summed E-state index contributed by atoms with van der Waals surface area (Å²) >= 11 is 15.6. The van der Waals surface area contributed by atoms with Crippen molar-refractivity contribution >= 4 is 45.0 Å². The van der Waals surface area contributed by atoms with Crippen LogP contribution in [0.4, 0.5) is 0 Å². The van der Waals surface area contributed by atoms with Gasteiger partial charge in [0.25, 0.3) is 0 Å². The van der Waals surface area contributed by atoms with Gasteiger partial charge in [0.1, 0.15) is 0 Å². The van der Waals surface area contributed by atoms with Crippen molar-refractivity contribution in [1.82, 2.24) is 10.2 Å². The molecule has 6 heteroatoms. The maximum atomic E-state index is 12.6. The van der Waals surface area contributed by atoms with Crippen LogP contribution in [0.5, 0.6) is 0 Å². The zero-order valence-electron chi connectivity index (χ0n) is 14.4. The third-order valence-electron chi connectivity index (χ3n) is 4.64. The van der Waals surface area contributed by atoms with Gasteiger partial charge < -0.3 is 5.32 Å². The van der Waals surface area contributed by atoms with Gasteiger partial charge in [-0.3, -0.25) is 9.69 Å². The number of hydrogen-bond donors (Lipinski definition) is 1. The lowest BCUT2D eigenvalue weighted by molar-refractivity contribution is -0.126. The molecule has 1 unspecified atom stereocenters. The minimum atomic E-state index is 0.0157. The number of nitrogens with one attached hydrogen (secondary N) is 1. The van der Waals surface area contributed by atoms with Gasteiger partial charge in [0.05, 0.1) is 5.92 Å². The number of carbonyl (C=O) groups is 1. The highest BCUT2D eigenvalue weighted by molar-refractivity contribution is 9.10. The van der Waals surface area contributed by atoms with E-state index in [2.05, 4.69) is 38.3 Å². The zero-order chi connectivity index (χ0) is 18.5. The molecule has 1 amide bonds. The van der Waals surface area contributed by atoms with Crippen molar-refractivity contribution in [2.45, 2.75) is 25.9 Å². The molecule has 1 fully saturated rings. The van der Waals surface area contributed by atoms with Crippen LogP contribution < -0.4 is 5.32 Å². The first kappa shape index (κ1) is 19.7. The van der Waals surface area contributed by atoms with Gasteiger partial charge in [-0.15, -0.1) is 0 Å². The van der Waals surface area contributed by atoms with E-state index >= 15 is 0 Å². The van der Waals surface area contributed by atoms with Crippen molar-refractivity contribution in [3.63, 3.8) is 0 Å². The van der Waals surface area contributed by atoms with Crippen LogP contribution in [0.3, 0.4) is 0 Å². The molecule has 0 radical (unpaired) electrons. The Morgan fingerprint density at radius 2 is 2.08 bits per heavy atom.